The standard InChI is InChI=1S/C10H20N4O2S/c1-4-5-14-9(15)12-13-10(14)17-7-8(11-2)6-16-3/h8,11H,4-7H2,1-3H3,(H,12,15). The summed E-state index contributed by atoms with van der Waals surface area (Å²) in [6.07, 6.45) is 0.917. The molecule has 0 radical (unpaired) electrons. The Balaban J connectivity index is 2.58. The largest absolute Gasteiger partial charge is 0.383 e. The SMILES string of the molecule is CCCn1c(SCC(COC)NC)n[nH]c1=O. The fraction of sp³-hybridized carbons (Fsp3) is 0.800. The van der Waals surface area contributed by atoms with Gasteiger partial charge in [-0.15, -0.1) is 5.10 Å². The van der Waals surface area contributed by atoms with E-state index in [9.17, 15) is 4.79 Å². The van der Waals surface area contributed by atoms with Crippen LogP contribution in [0.25, 0.3) is 0 Å². The Hall–Kier alpha value is -0.790. The maximum Gasteiger partial charge on any atom is 0.343 e. The first kappa shape index (κ1) is 14.3. The Labute approximate surface area is 105 Å². The van der Waals surface area contributed by atoms with E-state index in [2.05, 4.69) is 15.5 Å². The Morgan fingerprint density at radius 2 is 2.41 bits per heavy atom. The van der Waals surface area contributed by atoms with Crippen molar-refractivity contribution in [2.24, 2.45) is 0 Å². The average Bonchev–Trinajstić information content (AvgIpc) is 2.67. The number of methoxy groups -OCH3 is 1. The van der Waals surface area contributed by atoms with E-state index in [0.717, 1.165) is 17.3 Å². The van der Waals surface area contributed by atoms with Crippen molar-refractivity contribution in [3.8, 4) is 0 Å². The van der Waals surface area contributed by atoms with Gasteiger partial charge in [-0.3, -0.25) is 4.57 Å². The second-order valence-corrected chi connectivity index (χ2v) is 4.70. The van der Waals surface area contributed by atoms with Crippen LogP contribution in [0.1, 0.15) is 13.3 Å². The molecule has 0 saturated heterocycles. The molecular formula is C10H20N4O2S. The maximum absolute atomic E-state index is 11.5. The molecule has 0 fully saturated rings. The summed E-state index contributed by atoms with van der Waals surface area (Å²) in [7, 11) is 3.57. The van der Waals surface area contributed by atoms with Crippen molar-refractivity contribution in [2.45, 2.75) is 31.1 Å². The van der Waals surface area contributed by atoms with E-state index < -0.39 is 0 Å². The molecule has 0 aromatic carbocycles. The summed E-state index contributed by atoms with van der Waals surface area (Å²) in [5, 5.41) is 10.4. The number of thioether (sulfide) groups is 1. The van der Waals surface area contributed by atoms with Crippen LogP contribution < -0.4 is 11.0 Å². The highest BCUT2D eigenvalue weighted by molar-refractivity contribution is 7.99. The van der Waals surface area contributed by atoms with Crippen molar-refractivity contribution < 1.29 is 4.74 Å². The van der Waals surface area contributed by atoms with E-state index in [1.54, 1.807) is 23.4 Å². The number of aromatic nitrogens is 3. The Kier molecular flexibility index (Phi) is 6.31. The van der Waals surface area contributed by atoms with Crippen LogP contribution in [0.15, 0.2) is 9.95 Å². The summed E-state index contributed by atoms with van der Waals surface area (Å²) < 4.78 is 6.76. The Morgan fingerprint density at radius 3 is 3.00 bits per heavy atom. The number of nitrogens with zero attached hydrogens (tertiary/aromatic N) is 2. The lowest BCUT2D eigenvalue weighted by molar-refractivity contribution is 0.177. The Bertz CT molecular complexity index is 377. The summed E-state index contributed by atoms with van der Waals surface area (Å²) in [4.78, 5) is 11.5. The van der Waals surface area contributed by atoms with Crippen LogP contribution >= 0.6 is 11.8 Å². The molecule has 1 aromatic rings. The fourth-order valence-corrected chi connectivity index (χ4v) is 2.48. The molecule has 0 spiro atoms. The molecule has 0 amide bonds. The first-order valence-corrected chi connectivity index (χ1v) is 6.65. The summed E-state index contributed by atoms with van der Waals surface area (Å²) in [5.41, 5.74) is -0.137. The van der Waals surface area contributed by atoms with Crippen LogP contribution in [0, 0.1) is 0 Å². The molecule has 1 rings (SSSR count). The summed E-state index contributed by atoms with van der Waals surface area (Å²) in [6, 6.07) is 0.256. The van der Waals surface area contributed by atoms with Gasteiger partial charge in [0.25, 0.3) is 0 Å². The van der Waals surface area contributed by atoms with Gasteiger partial charge in [-0.1, -0.05) is 18.7 Å². The quantitative estimate of drug-likeness (QED) is 0.658. The van der Waals surface area contributed by atoms with Gasteiger partial charge in [-0.2, -0.15) is 0 Å². The third-order valence-corrected chi connectivity index (χ3v) is 3.50. The van der Waals surface area contributed by atoms with Crippen molar-refractivity contribution in [3.05, 3.63) is 10.5 Å². The number of H-pyrrole nitrogens is 1. The zero-order chi connectivity index (χ0) is 12.7. The summed E-state index contributed by atoms with van der Waals surface area (Å²) in [5.74, 6) is 0.818. The molecule has 0 aliphatic heterocycles. The van der Waals surface area contributed by atoms with Gasteiger partial charge in [0, 0.05) is 25.4 Å². The fourth-order valence-electron chi connectivity index (χ4n) is 1.43. The smallest absolute Gasteiger partial charge is 0.343 e. The van der Waals surface area contributed by atoms with Gasteiger partial charge in [0.2, 0.25) is 0 Å². The van der Waals surface area contributed by atoms with Crippen molar-refractivity contribution >= 4 is 11.8 Å². The molecule has 2 N–H and O–H groups in total. The van der Waals surface area contributed by atoms with Crippen LogP contribution in [-0.2, 0) is 11.3 Å². The number of aromatic amines is 1. The van der Waals surface area contributed by atoms with E-state index in [1.807, 2.05) is 14.0 Å². The predicted octanol–water partition coefficient (Wildman–Crippen LogP) is 0.308. The number of rotatable bonds is 8. The molecule has 0 aliphatic carbocycles. The third-order valence-electron chi connectivity index (χ3n) is 2.36. The summed E-state index contributed by atoms with van der Waals surface area (Å²) in [6.45, 7) is 3.38. The summed E-state index contributed by atoms with van der Waals surface area (Å²) >= 11 is 1.56. The molecule has 1 aromatic heterocycles. The molecule has 98 valence electrons. The highest BCUT2D eigenvalue weighted by Gasteiger charge is 2.11. The van der Waals surface area contributed by atoms with E-state index in [-0.39, 0.29) is 11.7 Å². The number of hydrogen-bond donors (Lipinski definition) is 2. The van der Waals surface area contributed by atoms with E-state index in [4.69, 9.17) is 4.74 Å². The van der Waals surface area contributed by atoms with Crippen LogP contribution in [-0.4, -0.2) is 47.3 Å². The normalized spacial score (nSPS) is 12.9. The van der Waals surface area contributed by atoms with Gasteiger partial charge >= 0.3 is 5.69 Å². The molecule has 1 unspecified atom stereocenters. The lowest BCUT2D eigenvalue weighted by atomic mass is 10.4. The first-order chi connectivity index (χ1) is 8.22. The molecule has 0 saturated carbocycles. The molecule has 0 bridgehead atoms. The van der Waals surface area contributed by atoms with Crippen LogP contribution in [0.4, 0.5) is 0 Å². The molecule has 7 heteroatoms. The lowest BCUT2D eigenvalue weighted by Crippen LogP contribution is -2.32. The zero-order valence-corrected chi connectivity index (χ0v) is 11.3. The Morgan fingerprint density at radius 1 is 1.65 bits per heavy atom. The van der Waals surface area contributed by atoms with Crippen molar-refractivity contribution in [2.75, 3.05) is 26.5 Å². The molecule has 17 heavy (non-hydrogen) atoms. The van der Waals surface area contributed by atoms with Crippen molar-refractivity contribution in [3.63, 3.8) is 0 Å². The molecule has 1 heterocycles. The molecule has 1 atom stereocenters. The first-order valence-electron chi connectivity index (χ1n) is 5.67. The number of hydrogen-bond acceptors (Lipinski definition) is 5. The molecule has 0 aliphatic rings. The van der Waals surface area contributed by atoms with Gasteiger partial charge < -0.3 is 10.1 Å². The topological polar surface area (TPSA) is 71.9 Å². The van der Waals surface area contributed by atoms with Gasteiger partial charge in [0.1, 0.15) is 0 Å². The second kappa shape index (κ2) is 7.52. The zero-order valence-electron chi connectivity index (χ0n) is 10.5. The van der Waals surface area contributed by atoms with E-state index >= 15 is 0 Å². The predicted molar refractivity (Wildman–Crippen MR) is 68.6 cm³/mol. The number of likely N-dealkylation sites (N-methyl/N-ethyl adjacent to an activating group) is 1. The average molecular weight is 260 g/mol. The minimum atomic E-state index is -0.137. The number of ether oxygens (including phenoxy) is 1. The van der Waals surface area contributed by atoms with Crippen LogP contribution in [0.2, 0.25) is 0 Å². The van der Waals surface area contributed by atoms with E-state index in [0.29, 0.717) is 13.2 Å². The third kappa shape index (κ3) is 4.18. The van der Waals surface area contributed by atoms with Gasteiger partial charge in [0.15, 0.2) is 5.16 Å². The van der Waals surface area contributed by atoms with Gasteiger partial charge in [-0.05, 0) is 13.5 Å². The van der Waals surface area contributed by atoms with Crippen LogP contribution in [0.5, 0.6) is 0 Å². The van der Waals surface area contributed by atoms with Gasteiger partial charge in [-0.25, -0.2) is 9.89 Å². The highest BCUT2D eigenvalue weighted by atomic mass is 32.2. The van der Waals surface area contributed by atoms with Gasteiger partial charge in [0.05, 0.1) is 6.61 Å². The molecular weight excluding hydrogens is 240 g/mol. The van der Waals surface area contributed by atoms with E-state index in [1.165, 1.54) is 0 Å². The van der Waals surface area contributed by atoms with Crippen molar-refractivity contribution in [1.82, 2.24) is 20.1 Å². The second-order valence-electron chi connectivity index (χ2n) is 3.71. The minimum Gasteiger partial charge on any atom is -0.383 e. The van der Waals surface area contributed by atoms with Crippen LogP contribution in [0.3, 0.4) is 0 Å². The van der Waals surface area contributed by atoms with Crippen molar-refractivity contribution in [1.29, 1.82) is 0 Å². The number of nitrogens with one attached hydrogen (secondary N) is 2. The molecule has 6 nitrogen and oxygen atoms in total. The highest BCUT2D eigenvalue weighted by Crippen LogP contribution is 2.14. The lowest BCUT2D eigenvalue weighted by Gasteiger charge is -2.14. The minimum absolute atomic E-state index is 0.137. The maximum atomic E-state index is 11.5. The monoisotopic (exact) mass is 260 g/mol.